The van der Waals surface area contributed by atoms with Gasteiger partial charge in [0.15, 0.2) is 0 Å². The molecule has 10 nitrogen and oxygen atoms in total. The first kappa shape index (κ1) is 19.6. The Balaban J connectivity index is 1.68. The number of aliphatic hydroxyl groups excluding tert-OH is 1. The molecule has 1 aliphatic heterocycles. The fraction of sp³-hybridized carbons (Fsp3) is 0.381. The first-order valence-electron chi connectivity index (χ1n) is 10.3. The summed E-state index contributed by atoms with van der Waals surface area (Å²) in [7, 11) is 1.63. The van der Waals surface area contributed by atoms with E-state index in [2.05, 4.69) is 20.0 Å². The van der Waals surface area contributed by atoms with E-state index in [9.17, 15) is 9.90 Å². The summed E-state index contributed by atoms with van der Waals surface area (Å²) < 4.78 is 8.57. The van der Waals surface area contributed by atoms with E-state index >= 15 is 0 Å². The Bertz CT molecular complexity index is 1300. The van der Waals surface area contributed by atoms with Gasteiger partial charge in [-0.3, -0.25) is 9.36 Å². The number of para-hydroxylation sites is 1. The molecule has 0 spiro atoms. The van der Waals surface area contributed by atoms with Crippen LogP contribution in [0, 0.1) is 0 Å². The Morgan fingerprint density at radius 3 is 2.97 bits per heavy atom. The molecule has 3 aromatic heterocycles. The lowest BCUT2D eigenvalue weighted by Gasteiger charge is -2.28. The fourth-order valence-electron chi connectivity index (χ4n) is 4.34. The summed E-state index contributed by atoms with van der Waals surface area (Å²) in [6.07, 6.45) is 3.24. The van der Waals surface area contributed by atoms with E-state index in [-0.39, 0.29) is 24.8 Å². The molecule has 1 aliphatic rings. The summed E-state index contributed by atoms with van der Waals surface area (Å²) in [6.45, 7) is 1.19. The third-order valence-electron chi connectivity index (χ3n) is 5.64. The number of benzene rings is 1. The normalized spacial score (nSPS) is 16.6. The molecule has 1 N–H and O–H groups in total. The third-order valence-corrected chi connectivity index (χ3v) is 5.64. The summed E-state index contributed by atoms with van der Waals surface area (Å²) in [5.74, 6) is 1.97. The van der Waals surface area contributed by atoms with Gasteiger partial charge in [0.1, 0.15) is 18.0 Å². The molecule has 0 radical (unpaired) electrons. The van der Waals surface area contributed by atoms with Gasteiger partial charge in [-0.15, -0.1) is 0 Å². The molecule has 1 saturated heterocycles. The standard InChI is InChI=1S/C21H23N7O3/c1-31-12-14-11-18(28-21(24-14)22-13-23-28)26-8-4-7-17(26)19-25-16-6-3-2-5-15(16)20(30)27(19)9-10-29/h2-3,5-6,11,13,17,29H,4,7-10,12H2,1H3. The molecule has 1 unspecified atom stereocenters. The molecule has 4 aromatic rings. The Labute approximate surface area is 177 Å². The third kappa shape index (κ3) is 3.33. The summed E-state index contributed by atoms with van der Waals surface area (Å²) >= 11 is 0. The van der Waals surface area contributed by atoms with Crippen molar-refractivity contribution >= 4 is 22.5 Å². The highest BCUT2D eigenvalue weighted by atomic mass is 16.5. The molecule has 4 heterocycles. The topological polar surface area (TPSA) is 111 Å². The molecule has 0 saturated carbocycles. The Morgan fingerprint density at radius 1 is 1.26 bits per heavy atom. The van der Waals surface area contributed by atoms with Gasteiger partial charge in [-0.2, -0.15) is 14.6 Å². The molecule has 160 valence electrons. The van der Waals surface area contributed by atoms with E-state index in [1.165, 1.54) is 6.33 Å². The highest BCUT2D eigenvalue weighted by Gasteiger charge is 2.32. The number of aromatic nitrogens is 6. The van der Waals surface area contributed by atoms with Crippen molar-refractivity contribution in [1.82, 2.24) is 29.1 Å². The monoisotopic (exact) mass is 421 g/mol. The van der Waals surface area contributed by atoms with Crippen LogP contribution in [0.5, 0.6) is 0 Å². The van der Waals surface area contributed by atoms with Crippen LogP contribution in [0.15, 0.2) is 41.5 Å². The Kier molecular flexibility index (Phi) is 5.08. The maximum atomic E-state index is 13.2. The maximum absolute atomic E-state index is 13.2. The smallest absolute Gasteiger partial charge is 0.261 e. The zero-order valence-electron chi connectivity index (χ0n) is 17.2. The van der Waals surface area contributed by atoms with Gasteiger partial charge in [-0.25, -0.2) is 9.97 Å². The molecular formula is C21H23N7O3. The van der Waals surface area contributed by atoms with E-state index in [4.69, 9.17) is 9.72 Å². The number of hydrogen-bond acceptors (Lipinski definition) is 8. The number of ether oxygens (including phenoxy) is 1. The predicted molar refractivity (Wildman–Crippen MR) is 114 cm³/mol. The fourth-order valence-corrected chi connectivity index (χ4v) is 4.34. The number of nitrogens with zero attached hydrogens (tertiary/aromatic N) is 7. The van der Waals surface area contributed by atoms with Crippen LogP contribution >= 0.6 is 0 Å². The summed E-state index contributed by atoms with van der Waals surface area (Å²) in [5.41, 5.74) is 1.27. The van der Waals surface area contributed by atoms with Crippen molar-refractivity contribution in [3.05, 3.63) is 58.5 Å². The lowest BCUT2D eigenvalue weighted by atomic mass is 10.1. The van der Waals surface area contributed by atoms with Crippen LogP contribution < -0.4 is 10.5 Å². The van der Waals surface area contributed by atoms with Crippen molar-refractivity contribution in [2.75, 3.05) is 25.2 Å². The van der Waals surface area contributed by atoms with Crippen LogP contribution in [-0.2, 0) is 17.9 Å². The number of methoxy groups -OCH3 is 1. The SMILES string of the molecule is COCc1cc(N2CCCC2c2nc3ccccc3c(=O)n2CCO)n2ncnc2n1. The molecule has 10 heteroatoms. The lowest BCUT2D eigenvalue weighted by molar-refractivity contribution is 0.181. The highest BCUT2D eigenvalue weighted by molar-refractivity contribution is 5.77. The summed E-state index contributed by atoms with van der Waals surface area (Å²) in [4.78, 5) is 29.0. The van der Waals surface area contributed by atoms with Crippen LogP contribution in [-0.4, -0.2) is 54.5 Å². The highest BCUT2D eigenvalue weighted by Crippen LogP contribution is 2.35. The minimum atomic E-state index is -0.144. The number of anilines is 1. The summed E-state index contributed by atoms with van der Waals surface area (Å²) in [6, 6.07) is 9.12. The zero-order valence-corrected chi connectivity index (χ0v) is 17.2. The van der Waals surface area contributed by atoms with Gasteiger partial charge < -0.3 is 14.7 Å². The second kappa shape index (κ2) is 8.05. The average Bonchev–Trinajstić information content (AvgIpc) is 3.45. The molecule has 31 heavy (non-hydrogen) atoms. The van der Waals surface area contributed by atoms with Gasteiger partial charge in [0.2, 0.25) is 0 Å². The second-order valence-corrected chi connectivity index (χ2v) is 7.53. The Hall–Kier alpha value is -3.37. The lowest BCUT2D eigenvalue weighted by Crippen LogP contribution is -2.34. The Morgan fingerprint density at radius 2 is 2.13 bits per heavy atom. The van der Waals surface area contributed by atoms with E-state index in [1.807, 2.05) is 24.3 Å². The molecule has 1 atom stereocenters. The van der Waals surface area contributed by atoms with Gasteiger partial charge in [0, 0.05) is 19.7 Å². The van der Waals surface area contributed by atoms with Crippen LogP contribution in [0.2, 0.25) is 0 Å². The predicted octanol–water partition coefficient (Wildman–Crippen LogP) is 1.31. The molecule has 1 fully saturated rings. The number of hydrogen-bond donors (Lipinski definition) is 1. The number of rotatable bonds is 6. The first-order chi connectivity index (χ1) is 15.2. The van der Waals surface area contributed by atoms with E-state index in [0.29, 0.717) is 29.1 Å². The van der Waals surface area contributed by atoms with Crippen molar-refractivity contribution in [2.24, 2.45) is 0 Å². The van der Waals surface area contributed by atoms with Crippen LogP contribution in [0.1, 0.15) is 30.4 Å². The number of fused-ring (bicyclic) bond motifs is 2. The molecule has 1 aromatic carbocycles. The molecule has 0 aliphatic carbocycles. The van der Waals surface area contributed by atoms with E-state index in [1.54, 1.807) is 22.3 Å². The van der Waals surface area contributed by atoms with Crippen molar-refractivity contribution < 1.29 is 9.84 Å². The average molecular weight is 421 g/mol. The summed E-state index contributed by atoms with van der Waals surface area (Å²) in [5, 5.41) is 14.5. The second-order valence-electron chi connectivity index (χ2n) is 7.53. The van der Waals surface area contributed by atoms with Gasteiger partial charge in [-0.05, 0) is 25.0 Å². The van der Waals surface area contributed by atoms with Crippen molar-refractivity contribution in [3.63, 3.8) is 0 Å². The molecular weight excluding hydrogens is 398 g/mol. The van der Waals surface area contributed by atoms with Gasteiger partial charge in [-0.1, -0.05) is 12.1 Å². The van der Waals surface area contributed by atoms with Crippen molar-refractivity contribution in [1.29, 1.82) is 0 Å². The van der Waals surface area contributed by atoms with Gasteiger partial charge in [0.05, 0.1) is 42.4 Å². The number of aliphatic hydroxyl groups is 1. The quantitative estimate of drug-likeness (QED) is 0.496. The molecule has 5 rings (SSSR count). The van der Waals surface area contributed by atoms with E-state index in [0.717, 1.165) is 30.9 Å². The van der Waals surface area contributed by atoms with Gasteiger partial charge in [0.25, 0.3) is 11.3 Å². The van der Waals surface area contributed by atoms with Crippen molar-refractivity contribution in [3.8, 4) is 0 Å². The first-order valence-corrected chi connectivity index (χ1v) is 10.3. The molecule has 0 amide bonds. The van der Waals surface area contributed by atoms with Gasteiger partial charge >= 0.3 is 0 Å². The molecule has 0 bridgehead atoms. The van der Waals surface area contributed by atoms with Crippen molar-refractivity contribution in [2.45, 2.75) is 32.0 Å². The largest absolute Gasteiger partial charge is 0.395 e. The zero-order chi connectivity index (χ0) is 21.4. The van der Waals surface area contributed by atoms with Crippen LogP contribution in [0.3, 0.4) is 0 Å². The van der Waals surface area contributed by atoms with Crippen LogP contribution in [0.25, 0.3) is 16.7 Å². The van der Waals surface area contributed by atoms with E-state index < -0.39 is 0 Å². The van der Waals surface area contributed by atoms with Crippen LogP contribution in [0.4, 0.5) is 5.82 Å². The maximum Gasteiger partial charge on any atom is 0.261 e. The minimum absolute atomic E-state index is 0.137. The minimum Gasteiger partial charge on any atom is -0.395 e.